The van der Waals surface area contributed by atoms with Crippen molar-refractivity contribution < 1.29 is 55.8 Å². The van der Waals surface area contributed by atoms with Crippen LogP contribution in [0.25, 0.3) is 0 Å². The van der Waals surface area contributed by atoms with Crippen molar-refractivity contribution in [3.63, 3.8) is 0 Å². The molecule has 0 radical (unpaired) electrons. The van der Waals surface area contributed by atoms with Crippen molar-refractivity contribution in [3.05, 3.63) is 0 Å². The van der Waals surface area contributed by atoms with Crippen LogP contribution in [0.3, 0.4) is 0 Å². The molecule has 32 heavy (non-hydrogen) atoms. The monoisotopic (exact) mass is 496 g/mol. The standard InChI is InChI=1S/C12H8F4N6O8Si2/c13-11(14,29-1-3-31(17-5-23,18-6-24)19-7-25)12(15,16)30-2-4-32(20-8-26,21-9-27)22-10-28/h1-4H2. The van der Waals surface area contributed by atoms with Gasteiger partial charge >= 0.3 is 29.3 Å². The first-order valence-corrected chi connectivity index (χ1v) is 11.7. The molecule has 0 bridgehead atoms. The van der Waals surface area contributed by atoms with Crippen molar-refractivity contribution in [1.29, 1.82) is 0 Å². The highest BCUT2D eigenvalue weighted by Gasteiger charge is 2.60. The number of alkyl halides is 4. The van der Waals surface area contributed by atoms with Crippen LogP contribution >= 0.6 is 0 Å². The van der Waals surface area contributed by atoms with Crippen LogP contribution in [0.5, 0.6) is 0 Å². The van der Waals surface area contributed by atoms with E-state index in [2.05, 4.69) is 37.4 Å². The summed E-state index contributed by atoms with van der Waals surface area (Å²) in [7, 11) is -8.63. The molecule has 0 heterocycles. The van der Waals surface area contributed by atoms with Gasteiger partial charge in [0, 0.05) is 12.1 Å². The van der Waals surface area contributed by atoms with Crippen LogP contribution in [0, 0.1) is 0 Å². The molecule has 0 aromatic rings. The molecule has 0 aromatic carbocycles. The van der Waals surface area contributed by atoms with Gasteiger partial charge in [-0.15, -0.1) is 0 Å². The number of isocyanates is 6. The Morgan fingerprint density at radius 1 is 0.531 bits per heavy atom. The molecule has 0 atom stereocenters. The number of nitrogens with zero attached hydrogens (tertiary/aromatic N) is 6. The largest absolute Gasteiger partial charge is 0.469 e. The molecule has 0 saturated carbocycles. The van der Waals surface area contributed by atoms with Crippen molar-refractivity contribution in [2.24, 2.45) is 27.9 Å². The fourth-order valence-corrected chi connectivity index (χ4v) is 4.32. The third kappa shape index (κ3) is 8.24. The molecule has 0 aliphatic rings. The van der Waals surface area contributed by atoms with Gasteiger partial charge in [-0.3, -0.25) is 0 Å². The minimum Gasteiger partial charge on any atom is -0.314 e. The molecule has 0 aliphatic heterocycles. The molecule has 0 amide bonds. The van der Waals surface area contributed by atoms with Crippen molar-refractivity contribution in [2.75, 3.05) is 13.2 Å². The van der Waals surface area contributed by atoms with Crippen molar-refractivity contribution in [1.82, 2.24) is 0 Å². The number of halogens is 4. The van der Waals surface area contributed by atoms with E-state index < -0.39 is 54.6 Å². The Morgan fingerprint density at radius 3 is 0.938 bits per heavy atom. The fraction of sp³-hybridized carbons (Fsp3) is 0.500. The molecular weight excluding hydrogens is 488 g/mol. The molecule has 0 saturated heterocycles. The maximum absolute atomic E-state index is 13.7. The first kappa shape index (κ1) is 28.4. The molecule has 0 aromatic heterocycles. The highest BCUT2D eigenvalue weighted by Crippen LogP contribution is 2.37. The third-order valence-corrected chi connectivity index (χ3v) is 7.57. The average molecular weight is 496 g/mol. The summed E-state index contributed by atoms with van der Waals surface area (Å²) in [6, 6.07) is -1.91. The van der Waals surface area contributed by atoms with E-state index in [1.54, 1.807) is 0 Å². The zero-order valence-electron chi connectivity index (χ0n) is 15.3. The Morgan fingerprint density at radius 2 is 0.750 bits per heavy atom. The van der Waals surface area contributed by atoms with E-state index >= 15 is 0 Å². The van der Waals surface area contributed by atoms with Crippen LogP contribution in [0.1, 0.15) is 0 Å². The lowest BCUT2D eigenvalue weighted by molar-refractivity contribution is -0.429. The normalized spacial score (nSPS) is 14.2. The Kier molecular flexibility index (Phi) is 11.4. The van der Waals surface area contributed by atoms with Gasteiger partial charge in [0.25, 0.3) is 0 Å². The first-order valence-electron chi connectivity index (χ1n) is 7.61. The summed E-state index contributed by atoms with van der Waals surface area (Å²) in [5.41, 5.74) is 0. The van der Waals surface area contributed by atoms with Crippen molar-refractivity contribution in [3.8, 4) is 0 Å². The van der Waals surface area contributed by atoms with Gasteiger partial charge in [-0.05, 0) is 0 Å². The number of hydrogen-bond donors (Lipinski definition) is 0. The molecule has 0 unspecified atom stereocenters. The SMILES string of the molecule is O=C=N[Si](CCOC(F)(F)C(F)(F)OCC[Si](N=C=O)(N=C=O)N=C=O)(N=C=O)N=C=O. The minimum atomic E-state index is -5.34. The highest BCUT2D eigenvalue weighted by atomic mass is 28.4. The molecule has 0 rings (SSSR count). The van der Waals surface area contributed by atoms with Crippen LogP contribution in [0.4, 0.5) is 17.6 Å². The summed E-state index contributed by atoms with van der Waals surface area (Å²) >= 11 is 0. The Hall–Kier alpha value is -3.65. The van der Waals surface area contributed by atoms with Crippen LogP contribution in [-0.4, -0.2) is 79.0 Å². The Labute approximate surface area is 175 Å². The molecule has 0 aliphatic carbocycles. The van der Waals surface area contributed by atoms with E-state index in [0.29, 0.717) is 0 Å². The summed E-state index contributed by atoms with van der Waals surface area (Å²) in [6.45, 7) is -2.70. The van der Waals surface area contributed by atoms with Gasteiger partial charge in [-0.2, -0.15) is 45.5 Å². The smallest absolute Gasteiger partial charge is 0.314 e. The second-order valence-corrected chi connectivity index (χ2v) is 10.4. The topological polar surface area (TPSA) is 195 Å². The number of hydrogen-bond acceptors (Lipinski definition) is 14. The minimum absolute atomic E-state index is 0.900. The lowest BCUT2D eigenvalue weighted by atomic mass is 10.5. The predicted octanol–water partition coefficient (Wildman–Crippen LogP) is 0.0978. The number of carbonyl (C=O) groups excluding carboxylic acids is 6. The van der Waals surface area contributed by atoms with Gasteiger partial charge in [-0.25, -0.2) is 28.8 Å². The quantitative estimate of drug-likeness (QED) is 0.132. The van der Waals surface area contributed by atoms with Gasteiger partial charge in [0.1, 0.15) is 0 Å². The summed E-state index contributed by atoms with van der Waals surface area (Å²) in [5.74, 6) is 0. The molecular formula is C12H8F4N6O8Si2. The van der Waals surface area contributed by atoms with Gasteiger partial charge in [-0.1, -0.05) is 0 Å². The van der Waals surface area contributed by atoms with E-state index in [0.717, 1.165) is 36.5 Å². The van der Waals surface area contributed by atoms with Gasteiger partial charge < -0.3 is 9.47 Å². The molecule has 14 nitrogen and oxygen atoms in total. The third-order valence-electron chi connectivity index (χ3n) is 3.13. The van der Waals surface area contributed by atoms with E-state index in [-0.39, 0.29) is 0 Å². The lowest BCUT2D eigenvalue weighted by Gasteiger charge is -2.26. The van der Waals surface area contributed by atoms with E-state index in [1.165, 1.54) is 0 Å². The number of ether oxygens (including phenoxy) is 2. The molecule has 0 fully saturated rings. The van der Waals surface area contributed by atoms with E-state index in [4.69, 9.17) is 0 Å². The van der Waals surface area contributed by atoms with Crippen LogP contribution < -0.4 is 0 Å². The summed E-state index contributed by atoms with van der Waals surface area (Å²) in [4.78, 5) is 62.2. The second kappa shape index (κ2) is 12.9. The number of rotatable bonds is 15. The van der Waals surface area contributed by atoms with Gasteiger partial charge in [0.05, 0.1) is 13.2 Å². The zero-order chi connectivity index (χ0) is 24.7. The predicted molar refractivity (Wildman–Crippen MR) is 91.6 cm³/mol. The second-order valence-electron chi connectivity index (χ2n) is 5.00. The van der Waals surface area contributed by atoms with Crippen LogP contribution in [0.15, 0.2) is 27.9 Å². The summed E-state index contributed by atoms with van der Waals surface area (Å²) < 4.78 is 80.2. The van der Waals surface area contributed by atoms with E-state index in [1.807, 2.05) is 0 Å². The highest BCUT2D eigenvalue weighted by molar-refractivity contribution is 6.77. The summed E-state index contributed by atoms with van der Waals surface area (Å²) in [5, 5.41) is 0. The summed E-state index contributed by atoms with van der Waals surface area (Å²) in [6.07, 6.45) is -5.28. The van der Waals surface area contributed by atoms with Crippen LogP contribution in [-0.2, 0) is 38.2 Å². The molecule has 0 spiro atoms. The van der Waals surface area contributed by atoms with Gasteiger partial charge in [0.2, 0.25) is 36.5 Å². The Balaban J connectivity index is 5.37. The molecule has 0 N–H and O–H groups in total. The Bertz CT molecular complexity index is 807. The van der Waals surface area contributed by atoms with E-state index in [9.17, 15) is 46.3 Å². The van der Waals surface area contributed by atoms with Crippen LogP contribution in [0.2, 0.25) is 12.1 Å². The van der Waals surface area contributed by atoms with Crippen molar-refractivity contribution in [2.45, 2.75) is 24.3 Å². The molecule has 20 heteroatoms. The average Bonchev–Trinajstić information content (AvgIpc) is 2.69. The maximum Gasteiger partial charge on any atom is 0.469 e. The maximum atomic E-state index is 13.7. The van der Waals surface area contributed by atoms with Crippen molar-refractivity contribution >= 4 is 53.6 Å². The first-order chi connectivity index (χ1) is 15.0. The molecule has 170 valence electrons. The zero-order valence-corrected chi connectivity index (χ0v) is 17.3. The van der Waals surface area contributed by atoms with Gasteiger partial charge in [0.15, 0.2) is 0 Å². The fourth-order valence-electron chi connectivity index (χ4n) is 1.72. The lowest BCUT2D eigenvalue weighted by Crippen LogP contribution is -2.46.